The number of anilines is 1. The Bertz CT molecular complexity index is 1760. The van der Waals surface area contributed by atoms with Crippen LogP contribution in [0.5, 0.6) is 0 Å². The average molecular weight is 653 g/mol. The van der Waals surface area contributed by atoms with Crippen LogP contribution in [0.1, 0.15) is 71.5 Å². The van der Waals surface area contributed by atoms with E-state index in [4.69, 9.17) is 0 Å². The number of fused-ring (bicyclic) bond motifs is 1. The molecule has 0 saturated carbocycles. The lowest BCUT2D eigenvalue weighted by Crippen LogP contribution is -2.53. The summed E-state index contributed by atoms with van der Waals surface area (Å²) in [6, 6.07) is 18.8. The van der Waals surface area contributed by atoms with Gasteiger partial charge in [-0.1, -0.05) is 43.3 Å². The van der Waals surface area contributed by atoms with Gasteiger partial charge in [0.2, 0.25) is 5.91 Å². The highest BCUT2D eigenvalue weighted by Gasteiger charge is 2.33. The van der Waals surface area contributed by atoms with Crippen molar-refractivity contribution in [3.63, 3.8) is 0 Å². The van der Waals surface area contributed by atoms with Crippen LogP contribution in [0, 0.1) is 5.82 Å². The van der Waals surface area contributed by atoms with Crippen molar-refractivity contribution in [2.24, 2.45) is 0 Å². The zero-order valence-electron chi connectivity index (χ0n) is 28.0. The molecule has 0 radical (unpaired) electrons. The third-order valence-electron chi connectivity index (χ3n) is 9.76. The minimum atomic E-state index is -0.932. The first-order valence-corrected chi connectivity index (χ1v) is 16.9. The summed E-state index contributed by atoms with van der Waals surface area (Å²) in [7, 11) is 3.94. The highest BCUT2D eigenvalue weighted by atomic mass is 19.1. The van der Waals surface area contributed by atoms with Gasteiger partial charge >= 0.3 is 6.03 Å². The zero-order valence-corrected chi connectivity index (χ0v) is 28.0. The van der Waals surface area contributed by atoms with Crippen molar-refractivity contribution >= 4 is 34.4 Å². The number of carbonyl (C=O) groups excluding carboxylic acids is 3. The van der Waals surface area contributed by atoms with Crippen molar-refractivity contribution < 1.29 is 18.8 Å². The first-order chi connectivity index (χ1) is 23.2. The minimum Gasteiger partial charge on any atom is -0.361 e. The van der Waals surface area contributed by atoms with E-state index in [0.717, 1.165) is 53.3 Å². The maximum absolute atomic E-state index is 14.4. The van der Waals surface area contributed by atoms with E-state index >= 15 is 0 Å². The Kier molecular flexibility index (Phi) is 10.1. The van der Waals surface area contributed by atoms with Crippen LogP contribution in [0.2, 0.25) is 0 Å². The maximum atomic E-state index is 14.4. The first kappa shape index (κ1) is 33.2. The largest absolute Gasteiger partial charge is 0.361 e. The number of halogens is 1. The Labute approximate surface area is 281 Å². The molecule has 252 valence electrons. The van der Waals surface area contributed by atoms with Gasteiger partial charge in [0.05, 0.1) is 11.3 Å². The van der Waals surface area contributed by atoms with Gasteiger partial charge in [0.15, 0.2) is 0 Å². The smallest absolute Gasteiger partial charge is 0.318 e. The monoisotopic (exact) mass is 652 g/mol. The van der Waals surface area contributed by atoms with E-state index in [2.05, 4.69) is 15.6 Å². The summed E-state index contributed by atoms with van der Waals surface area (Å²) in [4.78, 5) is 50.7. The predicted molar refractivity (Wildman–Crippen MR) is 187 cm³/mol. The van der Waals surface area contributed by atoms with E-state index < -0.39 is 12.0 Å². The molecular formula is C38H45FN6O3. The molecule has 4 amide bonds. The molecule has 4 aromatic rings. The number of aromatic nitrogens is 1. The number of nitrogens with one attached hydrogen (secondary N) is 3. The molecule has 6 rings (SSSR count). The molecular weight excluding hydrogens is 607 g/mol. The summed E-state index contributed by atoms with van der Waals surface area (Å²) in [6.07, 6.45) is 5.31. The fourth-order valence-electron chi connectivity index (χ4n) is 7.09. The Morgan fingerprint density at radius 2 is 1.65 bits per heavy atom. The van der Waals surface area contributed by atoms with Crippen LogP contribution in [0.4, 0.5) is 14.9 Å². The molecule has 2 saturated heterocycles. The van der Waals surface area contributed by atoms with Crippen molar-refractivity contribution in [1.29, 1.82) is 0 Å². The zero-order chi connectivity index (χ0) is 33.8. The number of rotatable bonds is 9. The molecule has 2 aliphatic rings. The van der Waals surface area contributed by atoms with Crippen LogP contribution in [0.25, 0.3) is 10.9 Å². The number of hydrogen-bond donors (Lipinski definition) is 3. The number of nitrogens with zero attached hydrogens (tertiary/aromatic N) is 3. The second-order valence-electron chi connectivity index (χ2n) is 13.4. The van der Waals surface area contributed by atoms with E-state index in [-0.39, 0.29) is 29.6 Å². The molecule has 2 fully saturated rings. The van der Waals surface area contributed by atoms with Crippen LogP contribution in [-0.4, -0.2) is 83.8 Å². The molecule has 3 aromatic carbocycles. The van der Waals surface area contributed by atoms with Crippen molar-refractivity contribution in [2.45, 2.75) is 57.0 Å². The number of carbonyl (C=O) groups is 3. The molecule has 0 aliphatic carbocycles. The van der Waals surface area contributed by atoms with Crippen molar-refractivity contribution in [3.8, 4) is 0 Å². The molecule has 0 spiro atoms. The van der Waals surface area contributed by atoms with Crippen LogP contribution in [0.3, 0.4) is 0 Å². The number of para-hydroxylation sites is 1. The fraction of sp³-hybridized carbons (Fsp3) is 0.395. The van der Waals surface area contributed by atoms with E-state index in [1.54, 1.807) is 11.0 Å². The fourth-order valence-corrected chi connectivity index (χ4v) is 7.09. The molecule has 2 atom stereocenters. The maximum Gasteiger partial charge on any atom is 0.318 e. The number of likely N-dealkylation sites (tertiary alicyclic amines) is 2. The molecule has 3 N–H and O–H groups in total. The molecule has 10 heteroatoms. The van der Waals surface area contributed by atoms with Gasteiger partial charge in [0.25, 0.3) is 5.91 Å². The highest BCUT2D eigenvalue weighted by molar-refractivity contribution is 6.06. The molecule has 0 bridgehead atoms. The summed E-state index contributed by atoms with van der Waals surface area (Å²) in [5.41, 5.74) is 4.78. The second-order valence-corrected chi connectivity index (χ2v) is 13.4. The van der Waals surface area contributed by atoms with Gasteiger partial charge in [-0.15, -0.1) is 0 Å². The molecule has 0 unspecified atom stereocenters. The summed E-state index contributed by atoms with van der Waals surface area (Å²) in [5.74, 6) is -0.918. The van der Waals surface area contributed by atoms with Gasteiger partial charge in [0, 0.05) is 55.7 Å². The summed E-state index contributed by atoms with van der Waals surface area (Å²) >= 11 is 0. The van der Waals surface area contributed by atoms with Crippen LogP contribution >= 0.6 is 0 Å². The lowest BCUT2D eigenvalue weighted by atomic mass is 9.89. The number of H-pyrrole nitrogens is 1. The molecule has 9 nitrogen and oxygen atoms in total. The molecule has 2 aliphatic heterocycles. The second kappa shape index (κ2) is 14.6. The summed E-state index contributed by atoms with van der Waals surface area (Å²) in [6.45, 7) is 5.01. The lowest BCUT2D eigenvalue weighted by molar-refractivity contribution is -0.118. The number of hydrogen-bond acceptors (Lipinski definition) is 4. The predicted octanol–water partition coefficient (Wildman–Crippen LogP) is 6.30. The van der Waals surface area contributed by atoms with Crippen molar-refractivity contribution in [2.75, 3.05) is 45.6 Å². The van der Waals surface area contributed by atoms with E-state index in [1.807, 2.05) is 85.5 Å². The number of benzene rings is 3. The summed E-state index contributed by atoms with van der Waals surface area (Å²) in [5, 5.41) is 7.14. The molecule has 3 heterocycles. The van der Waals surface area contributed by atoms with Crippen molar-refractivity contribution in [3.05, 3.63) is 101 Å². The number of amides is 4. The normalized spacial score (nSPS) is 16.7. The van der Waals surface area contributed by atoms with Crippen LogP contribution in [-0.2, 0) is 11.3 Å². The third-order valence-corrected chi connectivity index (χ3v) is 9.76. The summed E-state index contributed by atoms with van der Waals surface area (Å²) < 4.78 is 13.5. The van der Waals surface area contributed by atoms with Gasteiger partial charge in [0.1, 0.15) is 11.9 Å². The molecule has 1 aromatic heterocycles. The topological polar surface area (TPSA) is 101 Å². The molecule has 48 heavy (non-hydrogen) atoms. The third kappa shape index (κ3) is 7.39. The SMILES string of the molecule is C[C@@H](c1c[nH]c2ccccc12)[C@@H](NC(=O)N1CCC(c2ccc(F)cc2)CC1)C(=O)Nc1cc(CN(C)C)ccc1C(=O)N1CCCC1. The minimum absolute atomic E-state index is 0.103. The number of urea groups is 1. The van der Waals surface area contributed by atoms with E-state index in [1.165, 1.54) is 12.1 Å². The van der Waals surface area contributed by atoms with Crippen molar-refractivity contribution in [1.82, 2.24) is 25.0 Å². The Hall–Kier alpha value is -4.70. The number of piperidine rings is 1. The van der Waals surface area contributed by atoms with Gasteiger partial charge in [-0.25, -0.2) is 9.18 Å². The van der Waals surface area contributed by atoms with Gasteiger partial charge < -0.3 is 30.3 Å². The number of aromatic amines is 1. The van der Waals surface area contributed by atoms with Crippen LogP contribution < -0.4 is 10.6 Å². The van der Waals surface area contributed by atoms with E-state index in [9.17, 15) is 18.8 Å². The van der Waals surface area contributed by atoms with Gasteiger partial charge in [-0.3, -0.25) is 9.59 Å². The van der Waals surface area contributed by atoms with Gasteiger partial charge in [-0.05, 0) is 92.7 Å². The Balaban J connectivity index is 1.26. The Morgan fingerprint density at radius 1 is 0.938 bits per heavy atom. The van der Waals surface area contributed by atoms with Gasteiger partial charge in [-0.2, -0.15) is 0 Å². The quantitative estimate of drug-likeness (QED) is 0.198. The van der Waals surface area contributed by atoms with Crippen LogP contribution in [0.15, 0.2) is 72.9 Å². The standard InChI is InChI=1S/C38H45FN6O3/c1-25(32-23-40-33-9-5-4-8-30(32)33)35(42-38(48)45-20-16-28(17-21-45)27-11-13-29(39)14-12-27)36(46)41-34-22-26(24-43(2)3)10-15-31(34)37(47)44-18-6-7-19-44/h4-5,8-15,22-23,25,28,35,40H,6-7,16-21,24H2,1-3H3,(H,41,46)(H,42,48)/t25-,35+/m0/s1. The lowest BCUT2D eigenvalue weighted by Gasteiger charge is -2.34. The van der Waals surface area contributed by atoms with E-state index in [0.29, 0.717) is 44.0 Å². The Morgan fingerprint density at radius 3 is 2.35 bits per heavy atom. The highest BCUT2D eigenvalue weighted by Crippen LogP contribution is 2.31. The average Bonchev–Trinajstić information content (AvgIpc) is 3.78. The first-order valence-electron chi connectivity index (χ1n) is 16.9.